The van der Waals surface area contributed by atoms with Gasteiger partial charge in [-0.15, -0.1) is 5.10 Å². The van der Waals surface area contributed by atoms with Gasteiger partial charge in [0.15, 0.2) is 0 Å². The lowest BCUT2D eigenvalue weighted by Crippen LogP contribution is -2.24. The van der Waals surface area contributed by atoms with E-state index in [9.17, 15) is 4.79 Å². The molecule has 6 nitrogen and oxygen atoms in total. The monoisotopic (exact) mass is 273 g/mol. The third kappa shape index (κ3) is 3.21. The third-order valence-corrected chi connectivity index (χ3v) is 3.17. The zero-order valence-corrected chi connectivity index (χ0v) is 11.7. The molecular weight excluding hydrogens is 254 g/mol. The molecule has 0 aliphatic rings. The topological polar surface area (TPSA) is 85.8 Å². The van der Waals surface area contributed by atoms with Crippen LogP contribution < -0.4 is 11.1 Å². The Morgan fingerprint density at radius 1 is 1.40 bits per heavy atom. The van der Waals surface area contributed by atoms with E-state index in [1.54, 1.807) is 13.1 Å². The first kappa shape index (κ1) is 14.2. The van der Waals surface area contributed by atoms with Gasteiger partial charge in [0.25, 0.3) is 0 Å². The molecule has 1 amide bonds. The molecule has 1 aromatic heterocycles. The highest BCUT2D eigenvalue weighted by Gasteiger charge is 2.18. The Kier molecular flexibility index (Phi) is 4.47. The van der Waals surface area contributed by atoms with Gasteiger partial charge in [0.1, 0.15) is 6.04 Å². The van der Waals surface area contributed by atoms with Crippen molar-refractivity contribution < 1.29 is 4.79 Å². The van der Waals surface area contributed by atoms with Crippen LogP contribution in [0.3, 0.4) is 0 Å². The van der Waals surface area contributed by atoms with Gasteiger partial charge in [-0.2, -0.15) is 0 Å². The molecular formula is C14H19N5O. The molecule has 0 saturated heterocycles. The molecule has 2 atom stereocenters. The van der Waals surface area contributed by atoms with Gasteiger partial charge in [-0.25, -0.2) is 4.68 Å². The number of para-hydroxylation sites is 1. The number of anilines is 1. The zero-order chi connectivity index (χ0) is 14.5. The van der Waals surface area contributed by atoms with Gasteiger partial charge in [-0.1, -0.05) is 30.3 Å². The molecule has 0 aliphatic carbocycles. The fraction of sp³-hybridized carbons (Fsp3) is 0.357. The first-order chi connectivity index (χ1) is 9.61. The van der Waals surface area contributed by atoms with Crippen LogP contribution in [0, 0.1) is 0 Å². The Morgan fingerprint density at radius 3 is 2.75 bits per heavy atom. The maximum Gasteiger partial charge on any atom is 0.249 e. The van der Waals surface area contributed by atoms with Gasteiger partial charge >= 0.3 is 0 Å². The molecule has 2 rings (SSSR count). The molecule has 2 aromatic rings. The molecule has 0 spiro atoms. The smallest absolute Gasteiger partial charge is 0.249 e. The van der Waals surface area contributed by atoms with Crippen LogP contribution in [-0.4, -0.2) is 20.9 Å². The molecule has 0 saturated carbocycles. The molecule has 0 fully saturated rings. The van der Waals surface area contributed by atoms with Gasteiger partial charge in [-0.05, 0) is 25.5 Å². The van der Waals surface area contributed by atoms with Crippen LogP contribution in [0.5, 0.6) is 0 Å². The number of hydrogen-bond acceptors (Lipinski definition) is 4. The molecule has 20 heavy (non-hydrogen) atoms. The van der Waals surface area contributed by atoms with Crippen LogP contribution in [0.25, 0.3) is 0 Å². The Balaban J connectivity index is 2.05. The minimum Gasteiger partial charge on any atom is -0.324 e. The first-order valence-electron chi connectivity index (χ1n) is 6.65. The van der Waals surface area contributed by atoms with Gasteiger partial charge in [0.2, 0.25) is 5.91 Å². The minimum absolute atomic E-state index is 0.141. The maximum absolute atomic E-state index is 12.1. The van der Waals surface area contributed by atoms with E-state index in [0.29, 0.717) is 5.69 Å². The van der Waals surface area contributed by atoms with Crippen LogP contribution in [0.1, 0.15) is 38.0 Å². The highest BCUT2D eigenvalue weighted by molar-refractivity contribution is 5.93. The summed E-state index contributed by atoms with van der Waals surface area (Å²) >= 11 is 0. The van der Waals surface area contributed by atoms with E-state index in [0.717, 1.165) is 12.1 Å². The summed E-state index contributed by atoms with van der Waals surface area (Å²) in [4.78, 5) is 12.1. The van der Waals surface area contributed by atoms with Crippen molar-refractivity contribution in [3.05, 3.63) is 42.2 Å². The highest BCUT2D eigenvalue weighted by atomic mass is 16.2. The highest BCUT2D eigenvalue weighted by Crippen LogP contribution is 2.14. The lowest BCUT2D eigenvalue weighted by atomic mass is 10.2. The summed E-state index contributed by atoms with van der Waals surface area (Å²) in [5.74, 6) is -0.141. The van der Waals surface area contributed by atoms with E-state index in [1.807, 2.05) is 37.3 Å². The number of hydrogen-bond donors (Lipinski definition) is 2. The summed E-state index contributed by atoms with van der Waals surface area (Å²) < 4.78 is 1.53. The van der Waals surface area contributed by atoms with E-state index in [1.165, 1.54) is 4.68 Å². The van der Waals surface area contributed by atoms with Gasteiger partial charge in [0.05, 0.1) is 17.9 Å². The second kappa shape index (κ2) is 6.29. The average molecular weight is 273 g/mol. The van der Waals surface area contributed by atoms with Crippen LogP contribution in [0.4, 0.5) is 5.69 Å². The number of rotatable bonds is 5. The summed E-state index contributed by atoms with van der Waals surface area (Å²) in [6, 6.07) is 8.72. The zero-order valence-electron chi connectivity index (χ0n) is 11.7. The quantitative estimate of drug-likeness (QED) is 0.871. The number of aromatic nitrogens is 3. The number of nitrogens with two attached hydrogens (primary N) is 1. The fourth-order valence-corrected chi connectivity index (χ4v) is 1.75. The van der Waals surface area contributed by atoms with E-state index in [2.05, 4.69) is 15.6 Å². The lowest BCUT2D eigenvalue weighted by molar-refractivity contribution is -0.119. The summed E-state index contributed by atoms with van der Waals surface area (Å²) in [5, 5.41) is 10.8. The summed E-state index contributed by atoms with van der Waals surface area (Å²) in [7, 11) is 0. The van der Waals surface area contributed by atoms with E-state index >= 15 is 0 Å². The first-order valence-corrected chi connectivity index (χ1v) is 6.65. The minimum atomic E-state index is -0.444. The molecule has 0 bridgehead atoms. The summed E-state index contributed by atoms with van der Waals surface area (Å²) in [6.07, 6.45) is 2.51. The molecule has 0 aliphatic heterocycles. The molecule has 3 N–H and O–H groups in total. The lowest BCUT2D eigenvalue weighted by Gasteiger charge is -2.12. The van der Waals surface area contributed by atoms with Crippen molar-refractivity contribution in [2.24, 2.45) is 5.73 Å². The van der Waals surface area contributed by atoms with Crippen molar-refractivity contribution in [1.82, 2.24) is 15.0 Å². The number of nitrogens with zero attached hydrogens (tertiary/aromatic N) is 3. The predicted molar refractivity (Wildman–Crippen MR) is 77.0 cm³/mol. The van der Waals surface area contributed by atoms with Crippen molar-refractivity contribution in [2.45, 2.75) is 32.4 Å². The molecule has 0 radical (unpaired) electrons. The largest absolute Gasteiger partial charge is 0.324 e. The fourth-order valence-electron chi connectivity index (χ4n) is 1.75. The van der Waals surface area contributed by atoms with Crippen molar-refractivity contribution >= 4 is 11.6 Å². The Morgan fingerprint density at radius 2 is 2.10 bits per heavy atom. The van der Waals surface area contributed by atoms with Crippen molar-refractivity contribution in [2.75, 3.05) is 5.32 Å². The Labute approximate surface area is 118 Å². The normalized spacial score (nSPS) is 13.8. The number of benzene rings is 1. The van der Waals surface area contributed by atoms with Crippen molar-refractivity contribution in [3.8, 4) is 0 Å². The number of amides is 1. The van der Waals surface area contributed by atoms with Gasteiger partial charge in [0, 0.05) is 5.69 Å². The SMILES string of the molecule is CCC(N)c1cn(C(C)C(=O)Nc2ccccc2)nn1. The van der Waals surface area contributed by atoms with Crippen LogP contribution in [-0.2, 0) is 4.79 Å². The average Bonchev–Trinajstić information content (AvgIpc) is 2.96. The van der Waals surface area contributed by atoms with E-state index in [4.69, 9.17) is 5.73 Å². The van der Waals surface area contributed by atoms with Crippen LogP contribution in [0.15, 0.2) is 36.5 Å². The Hall–Kier alpha value is -2.21. The summed E-state index contributed by atoms with van der Waals surface area (Å²) in [5.41, 5.74) is 7.35. The van der Waals surface area contributed by atoms with Crippen LogP contribution in [0.2, 0.25) is 0 Å². The predicted octanol–water partition coefficient (Wildman–Crippen LogP) is 1.89. The molecule has 2 unspecified atom stereocenters. The number of nitrogens with one attached hydrogen (secondary N) is 1. The molecule has 106 valence electrons. The Bertz CT molecular complexity index is 566. The van der Waals surface area contributed by atoms with Gasteiger partial charge in [-0.3, -0.25) is 4.79 Å². The van der Waals surface area contributed by atoms with E-state index in [-0.39, 0.29) is 11.9 Å². The second-order valence-corrected chi connectivity index (χ2v) is 4.67. The standard InChI is InChI=1S/C14H19N5O/c1-3-12(15)13-9-19(18-17-13)10(2)14(20)16-11-7-5-4-6-8-11/h4-10,12H,3,15H2,1-2H3,(H,16,20). The maximum atomic E-state index is 12.1. The van der Waals surface area contributed by atoms with E-state index < -0.39 is 6.04 Å². The summed E-state index contributed by atoms with van der Waals surface area (Å²) in [6.45, 7) is 3.75. The second-order valence-electron chi connectivity index (χ2n) is 4.67. The van der Waals surface area contributed by atoms with Crippen LogP contribution >= 0.6 is 0 Å². The van der Waals surface area contributed by atoms with Gasteiger partial charge < -0.3 is 11.1 Å². The number of carbonyl (C=O) groups is 1. The molecule has 1 aromatic carbocycles. The molecule has 1 heterocycles. The van der Waals surface area contributed by atoms with Crippen molar-refractivity contribution in [1.29, 1.82) is 0 Å². The molecule has 6 heteroatoms. The van der Waals surface area contributed by atoms with Crippen molar-refractivity contribution in [3.63, 3.8) is 0 Å². The third-order valence-electron chi connectivity index (χ3n) is 3.17. The number of carbonyl (C=O) groups excluding carboxylic acids is 1.